The van der Waals surface area contributed by atoms with Crippen molar-refractivity contribution in [3.63, 3.8) is 0 Å². The van der Waals surface area contributed by atoms with Crippen molar-refractivity contribution in [1.29, 1.82) is 5.26 Å². The van der Waals surface area contributed by atoms with E-state index >= 15 is 0 Å². The van der Waals surface area contributed by atoms with Crippen LogP contribution >= 0.6 is 11.6 Å². The van der Waals surface area contributed by atoms with E-state index in [1.165, 1.54) is 0 Å². The maximum absolute atomic E-state index is 13.4. The van der Waals surface area contributed by atoms with Crippen molar-refractivity contribution in [2.24, 2.45) is 0 Å². The van der Waals surface area contributed by atoms with Gasteiger partial charge < -0.3 is 5.32 Å². The Morgan fingerprint density at radius 1 is 1.50 bits per heavy atom. The van der Waals surface area contributed by atoms with Gasteiger partial charge in [0.15, 0.2) is 5.82 Å². The summed E-state index contributed by atoms with van der Waals surface area (Å²) in [5.74, 6) is -1.47. The topological polar surface area (TPSA) is 35.8 Å². The Labute approximate surface area is 97.8 Å². The molecular weight excluding hydrogens is 234 g/mol. The van der Waals surface area contributed by atoms with Gasteiger partial charge in [-0.3, -0.25) is 0 Å². The van der Waals surface area contributed by atoms with Crippen LogP contribution in [0.15, 0.2) is 12.1 Å². The molecule has 0 radical (unpaired) electrons. The van der Waals surface area contributed by atoms with Crippen LogP contribution in [0.2, 0.25) is 5.02 Å². The van der Waals surface area contributed by atoms with E-state index < -0.39 is 11.6 Å². The van der Waals surface area contributed by atoms with Crippen LogP contribution in [-0.2, 0) is 0 Å². The Bertz CT molecular complexity index is 392. The first kappa shape index (κ1) is 12.7. The van der Waals surface area contributed by atoms with Gasteiger partial charge in [0.1, 0.15) is 5.82 Å². The minimum atomic E-state index is -0.749. The van der Waals surface area contributed by atoms with Crippen molar-refractivity contribution in [3.05, 3.63) is 28.8 Å². The Morgan fingerprint density at radius 2 is 2.19 bits per heavy atom. The number of hydrogen-bond donors (Lipinski definition) is 1. The van der Waals surface area contributed by atoms with E-state index in [0.29, 0.717) is 6.42 Å². The van der Waals surface area contributed by atoms with E-state index in [9.17, 15) is 8.78 Å². The Morgan fingerprint density at radius 3 is 2.69 bits per heavy atom. The molecule has 0 amide bonds. The minimum absolute atomic E-state index is 0.0195. The van der Waals surface area contributed by atoms with Crippen LogP contribution in [-0.4, -0.2) is 6.04 Å². The van der Waals surface area contributed by atoms with Gasteiger partial charge in [-0.15, -0.1) is 0 Å². The third-order valence-corrected chi connectivity index (χ3v) is 2.48. The van der Waals surface area contributed by atoms with Crippen LogP contribution in [0.5, 0.6) is 0 Å². The molecule has 5 heteroatoms. The normalized spacial score (nSPS) is 11.9. The first-order valence-corrected chi connectivity index (χ1v) is 5.24. The van der Waals surface area contributed by atoms with Crippen molar-refractivity contribution in [1.82, 2.24) is 0 Å². The highest BCUT2D eigenvalue weighted by molar-refractivity contribution is 6.33. The summed E-state index contributed by atoms with van der Waals surface area (Å²) in [6.45, 7) is 1.87. The number of nitrogens with zero attached hydrogens (tertiary/aromatic N) is 1. The molecule has 86 valence electrons. The second-order valence-electron chi connectivity index (χ2n) is 3.36. The van der Waals surface area contributed by atoms with Gasteiger partial charge in [0.05, 0.1) is 23.2 Å². The van der Waals surface area contributed by atoms with Gasteiger partial charge in [0.2, 0.25) is 0 Å². The first-order valence-electron chi connectivity index (χ1n) is 4.86. The molecule has 16 heavy (non-hydrogen) atoms. The second-order valence-corrected chi connectivity index (χ2v) is 3.76. The zero-order chi connectivity index (χ0) is 12.1. The summed E-state index contributed by atoms with van der Waals surface area (Å²) < 4.78 is 26.1. The molecular formula is C11H11ClF2N2. The van der Waals surface area contributed by atoms with Gasteiger partial charge in [-0.2, -0.15) is 5.26 Å². The summed E-state index contributed by atoms with van der Waals surface area (Å²) in [6, 6.07) is 3.59. The molecule has 2 nitrogen and oxygen atoms in total. The molecule has 0 saturated carbocycles. The minimum Gasteiger partial charge on any atom is -0.378 e. The lowest BCUT2D eigenvalue weighted by Gasteiger charge is -2.16. The molecule has 1 aromatic carbocycles. The lowest BCUT2D eigenvalue weighted by atomic mass is 10.1. The maximum atomic E-state index is 13.4. The molecule has 0 aliphatic heterocycles. The van der Waals surface area contributed by atoms with Crippen LogP contribution < -0.4 is 5.32 Å². The molecule has 0 saturated heterocycles. The smallest absolute Gasteiger partial charge is 0.150 e. The summed E-state index contributed by atoms with van der Waals surface area (Å²) in [6.07, 6.45) is 0.893. The fraction of sp³-hybridized carbons (Fsp3) is 0.364. The molecule has 1 atom stereocenters. The monoisotopic (exact) mass is 244 g/mol. The molecule has 1 N–H and O–H groups in total. The van der Waals surface area contributed by atoms with Crippen LogP contribution in [0, 0.1) is 23.0 Å². The van der Waals surface area contributed by atoms with Crippen molar-refractivity contribution in [2.45, 2.75) is 25.8 Å². The van der Waals surface area contributed by atoms with Gasteiger partial charge in [0, 0.05) is 12.1 Å². The predicted molar refractivity (Wildman–Crippen MR) is 59.3 cm³/mol. The summed E-state index contributed by atoms with van der Waals surface area (Å²) >= 11 is 5.71. The third kappa shape index (κ3) is 3.07. The van der Waals surface area contributed by atoms with Crippen molar-refractivity contribution in [3.8, 4) is 6.07 Å². The van der Waals surface area contributed by atoms with Gasteiger partial charge >= 0.3 is 0 Å². The van der Waals surface area contributed by atoms with E-state index in [1.807, 2.05) is 13.0 Å². The van der Waals surface area contributed by atoms with Gasteiger partial charge in [-0.05, 0) is 12.5 Å². The zero-order valence-corrected chi connectivity index (χ0v) is 9.48. The molecule has 0 aromatic heterocycles. The van der Waals surface area contributed by atoms with Crippen LogP contribution in [0.25, 0.3) is 0 Å². The number of nitriles is 1. The zero-order valence-electron chi connectivity index (χ0n) is 8.73. The Balaban J connectivity index is 2.92. The number of hydrogen-bond acceptors (Lipinski definition) is 2. The molecule has 1 aromatic rings. The largest absolute Gasteiger partial charge is 0.378 e. The molecule has 0 spiro atoms. The number of benzene rings is 1. The van der Waals surface area contributed by atoms with Crippen LogP contribution in [0.1, 0.15) is 19.8 Å². The van der Waals surface area contributed by atoms with Gasteiger partial charge in [-0.25, -0.2) is 8.78 Å². The van der Waals surface area contributed by atoms with Gasteiger partial charge in [0.25, 0.3) is 0 Å². The molecule has 0 fully saturated rings. The second kappa shape index (κ2) is 5.66. The Hall–Kier alpha value is -1.34. The molecule has 1 rings (SSSR count). The average Bonchev–Trinajstić information content (AvgIpc) is 2.21. The van der Waals surface area contributed by atoms with Crippen molar-refractivity contribution in [2.75, 3.05) is 5.32 Å². The van der Waals surface area contributed by atoms with E-state index in [2.05, 4.69) is 5.32 Å². The number of halogens is 3. The number of anilines is 1. The standard InChI is InChI=1S/C11H11ClF2N2/c1-2-8(3-4-15)16-11-9(12)5-7(13)6-10(11)14/h5-6,8,16H,2-3H2,1H3. The molecule has 0 aliphatic rings. The summed E-state index contributed by atoms with van der Waals surface area (Å²) in [4.78, 5) is 0. The van der Waals surface area contributed by atoms with E-state index in [-0.39, 0.29) is 23.2 Å². The summed E-state index contributed by atoms with van der Waals surface area (Å²) in [5, 5.41) is 11.3. The molecule has 1 unspecified atom stereocenters. The van der Waals surface area contributed by atoms with E-state index in [1.54, 1.807) is 0 Å². The summed E-state index contributed by atoms with van der Waals surface area (Å²) in [5.41, 5.74) is 0.0465. The lowest BCUT2D eigenvalue weighted by Crippen LogP contribution is -2.18. The first-order chi connectivity index (χ1) is 7.58. The fourth-order valence-corrected chi connectivity index (χ4v) is 1.54. The van der Waals surface area contributed by atoms with E-state index in [4.69, 9.17) is 16.9 Å². The van der Waals surface area contributed by atoms with Crippen LogP contribution in [0.3, 0.4) is 0 Å². The lowest BCUT2D eigenvalue weighted by molar-refractivity contribution is 0.581. The maximum Gasteiger partial charge on any atom is 0.150 e. The highest BCUT2D eigenvalue weighted by Gasteiger charge is 2.13. The SMILES string of the molecule is CCC(CC#N)Nc1c(F)cc(F)cc1Cl. The fourth-order valence-electron chi connectivity index (χ4n) is 1.29. The third-order valence-electron chi connectivity index (χ3n) is 2.19. The van der Waals surface area contributed by atoms with Crippen molar-refractivity contribution >= 4 is 17.3 Å². The highest BCUT2D eigenvalue weighted by atomic mass is 35.5. The van der Waals surface area contributed by atoms with E-state index in [0.717, 1.165) is 12.1 Å². The molecule has 0 aliphatic carbocycles. The quantitative estimate of drug-likeness (QED) is 0.876. The van der Waals surface area contributed by atoms with Crippen LogP contribution in [0.4, 0.5) is 14.5 Å². The molecule has 0 heterocycles. The van der Waals surface area contributed by atoms with Crippen molar-refractivity contribution < 1.29 is 8.78 Å². The average molecular weight is 245 g/mol. The number of nitrogens with one attached hydrogen (secondary N) is 1. The van der Waals surface area contributed by atoms with Gasteiger partial charge in [-0.1, -0.05) is 18.5 Å². The summed E-state index contributed by atoms with van der Waals surface area (Å²) in [7, 11) is 0. The molecule has 0 bridgehead atoms. The Kier molecular flexibility index (Phi) is 4.51. The highest BCUT2D eigenvalue weighted by Crippen LogP contribution is 2.27. The number of rotatable bonds is 4. The predicted octanol–water partition coefficient (Wildman–Crippen LogP) is 3.72.